The first-order chi connectivity index (χ1) is 19.0. The second-order valence-corrected chi connectivity index (χ2v) is 13.2. The van der Waals surface area contributed by atoms with Crippen LogP contribution in [0.3, 0.4) is 0 Å². The van der Waals surface area contributed by atoms with E-state index < -0.39 is 28.2 Å². The summed E-state index contributed by atoms with van der Waals surface area (Å²) in [6, 6.07) is 7.88. The molecule has 220 valence electrons. The van der Waals surface area contributed by atoms with Crippen molar-refractivity contribution in [3.05, 3.63) is 52.4 Å². The predicted octanol–water partition coefficient (Wildman–Crippen LogP) is 5.41. The first-order valence-electron chi connectivity index (χ1n) is 13.6. The molecule has 2 heterocycles. The molecule has 11 heteroatoms. The second-order valence-electron chi connectivity index (χ2n) is 12.8. The summed E-state index contributed by atoms with van der Waals surface area (Å²) in [4.78, 5) is 33.4. The second kappa shape index (κ2) is 11.0. The van der Waals surface area contributed by atoms with Crippen LogP contribution in [0.5, 0.6) is 5.75 Å². The normalized spacial score (nSPS) is 21.4. The molecule has 0 atom stereocenters. The summed E-state index contributed by atoms with van der Waals surface area (Å²) in [7, 11) is 0. The Kier molecular flexibility index (Phi) is 8.16. The third-order valence-electron chi connectivity index (χ3n) is 7.77. The van der Waals surface area contributed by atoms with Crippen molar-refractivity contribution in [2.75, 3.05) is 31.1 Å². The largest absolute Gasteiger partial charge is 0.489 e. The maximum atomic E-state index is 15.2. The van der Waals surface area contributed by atoms with Gasteiger partial charge in [-0.2, -0.15) is 5.26 Å². The zero-order valence-corrected chi connectivity index (χ0v) is 25.3. The number of carbonyl (C=O) groups is 2. The van der Waals surface area contributed by atoms with Crippen LogP contribution in [-0.2, 0) is 4.74 Å². The van der Waals surface area contributed by atoms with Gasteiger partial charge in [0.05, 0.1) is 16.1 Å². The number of nitriles is 1. The minimum absolute atomic E-state index is 0.143. The van der Waals surface area contributed by atoms with Gasteiger partial charge in [0.1, 0.15) is 35.2 Å². The fourth-order valence-electron chi connectivity index (χ4n) is 6.01. The van der Waals surface area contributed by atoms with E-state index in [9.17, 15) is 9.59 Å². The predicted molar refractivity (Wildman–Crippen MR) is 154 cm³/mol. The number of halogens is 2. The molecule has 2 aliphatic rings. The molecule has 2 aromatic rings. The number of ether oxygens (including phenoxy) is 2. The molecule has 1 saturated heterocycles. The molecule has 0 unspecified atom stereocenters. The van der Waals surface area contributed by atoms with Gasteiger partial charge in [-0.05, 0) is 32.9 Å². The van der Waals surface area contributed by atoms with Gasteiger partial charge in [-0.15, -0.1) is 0 Å². The Morgan fingerprint density at radius 2 is 1.76 bits per heavy atom. The van der Waals surface area contributed by atoms with Crippen molar-refractivity contribution in [3.8, 4) is 11.8 Å². The zero-order chi connectivity index (χ0) is 30.3. The summed E-state index contributed by atoms with van der Waals surface area (Å²) in [6.45, 7) is 15.1. The van der Waals surface area contributed by atoms with Crippen LogP contribution in [0.1, 0.15) is 64.4 Å². The summed E-state index contributed by atoms with van der Waals surface area (Å²) >= 11 is 6.17. The van der Waals surface area contributed by atoms with E-state index in [0.717, 1.165) is 0 Å². The fraction of sp³-hybridized carbons (Fsp3) is 0.533. The molecular formula is C30H37ClFN5O4. The first kappa shape index (κ1) is 30.4. The number of anilines is 1. The Labute approximate surface area is 245 Å². The number of pyridine rings is 1. The van der Waals surface area contributed by atoms with Crippen LogP contribution in [0, 0.1) is 28.0 Å². The van der Waals surface area contributed by atoms with Crippen molar-refractivity contribution in [2.45, 2.75) is 66.2 Å². The number of amides is 2. The van der Waals surface area contributed by atoms with Crippen LogP contribution in [0.2, 0.25) is 5.02 Å². The number of hydrogen-bond donors (Lipinski definition) is 1. The van der Waals surface area contributed by atoms with Crippen LogP contribution in [0.4, 0.5) is 15.0 Å². The molecular weight excluding hydrogens is 549 g/mol. The van der Waals surface area contributed by atoms with E-state index in [4.69, 9.17) is 26.3 Å². The molecule has 1 aromatic heterocycles. The van der Waals surface area contributed by atoms with Crippen LogP contribution >= 0.6 is 11.6 Å². The third kappa shape index (κ3) is 6.20. The van der Waals surface area contributed by atoms with Crippen molar-refractivity contribution < 1.29 is 23.5 Å². The average molecular weight is 586 g/mol. The average Bonchev–Trinajstić information content (AvgIpc) is 2.89. The van der Waals surface area contributed by atoms with E-state index in [1.807, 2.05) is 59.4 Å². The molecule has 1 aromatic carbocycles. The fourth-order valence-corrected chi connectivity index (χ4v) is 6.22. The maximum Gasteiger partial charge on any atom is 0.410 e. The smallest absolute Gasteiger partial charge is 0.410 e. The van der Waals surface area contributed by atoms with E-state index >= 15 is 4.39 Å². The number of benzene rings is 1. The van der Waals surface area contributed by atoms with E-state index in [0.29, 0.717) is 48.3 Å². The number of carbonyl (C=O) groups excluding carboxylic acids is 2. The topological polar surface area (TPSA) is 108 Å². The minimum Gasteiger partial charge on any atom is -0.489 e. The van der Waals surface area contributed by atoms with Crippen LogP contribution in [-0.4, -0.2) is 65.8 Å². The number of nitrogens with one attached hydrogen (secondary N) is 1. The van der Waals surface area contributed by atoms with Crippen LogP contribution in [0.15, 0.2) is 30.5 Å². The summed E-state index contributed by atoms with van der Waals surface area (Å²) in [6.07, 6.45) is 0.596. The van der Waals surface area contributed by atoms with E-state index in [1.54, 1.807) is 23.1 Å². The standard InChI is InChI=1S/C30H37ClFN5O4/c1-28(2,3)41-27(39)37-12-10-36(11-13-37)23-15-22(32)20(17-34-23)24(38)35-25-29(4,5)26(30(25,6)7)40-19-9-8-18(16-33)21(31)14-19/h8-9,14-15,17,25-26H,10-13H2,1-7H3,(H,35,38). The Morgan fingerprint density at radius 3 is 2.29 bits per heavy atom. The highest BCUT2D eigenvalue weighted by atomic mass is 35.5. The van der Waals surface area contributed by atoms with Gasteiger partial charge in [0, 0.05) is 61.4 Å². The quantitative estimate of drug-likeness (QED) is 0.499. The number of piperazine rings is 1. The molecule has 41 heavy (non-hydrogen) atoms. The van der Waals surface area contributed by atoms with Gasteiger partial charge < -0.3 is 24.6 Å². The molecule has 0 spiro atoms. The Morgan fingerprint density at radius 1 is 1.12 bits per heavy atom. The molecule has 1 aliphatic heterocycles. The Bertz CT molecular complexity index is 1360. The lowest BCUT2D eigenvalue weighted by Crippen LogP contribution is -2.74. The molecule has 2 fully saturated rings. The molecule has 9 nitrogen and oxygen atoms in total. The van der Waals surface area contributed by atoms with Crippen molar-refractivity contribution in [3.63, 3.8) is 0 Å². The van der Waals surface area contributed by atoms with Crippen molar-refractivity contribution >= 4 is 29.4 Å². The maximum absolute atomic E-state index is 15.2. The lowest BCUT2D eigenvalue weighted by atomic mass is 9.49. The molecule has 0 bridgehead atoms. The Balaban J connectivity index is 1.39. The highest BCUT2D eigenvalue weighted by Gasteiger charge is 2.64. The summed E-state index contributed by atoms with van der Waals surface area (Å²) in [5.74, 6) is -0.288. The minimum atomic E-state index is -0.669. The van der Waals surface area contributed by atoms with Gasteiger partial charge >= 0.3 is 6.09 Å². The van der Waals surface area contributed by atoms with E-state index in [1.165, 1.54) is 12.3 Å². The van der Waals surface area contributed by atoms with E-state index in [-0.39, 0.29) is 23.8 Å². The lowest BCUT2D eigenvalue weighted by molar-refractivity contribution is -0.164. The number of aromatic nitrogens is 1. The van der Waals surface area contributed by atoms with Crippen molar-refractivity contribution in [2.24, 2.45) is 10.8 Å². The molecule has 4 rings (SSSR count). The number of rotatable bonds is 5. The van der Waals surface area contributed by atoms with E-state index in [2.05, 4.69) is 10.3 Å². The molecule has 1 saturated carbocycles. The van der Waals surface area contributed by atoms with Gasteiger partial charge in [0.25, 0.3) is 5.91 Å². The first-order valence-corrected chi connectivity index (χ1v) is 14.0. The molecule has 2 amide bonds. The molecule has 0 radical (unpaired) electrons. The monoisotopic (exact) mass is 585 g/mol. The lowest BCUT2D eigenvalue weighted by Gasteiger charge is -2.63. The summed E-state index contributed by atoms with van der Waals surface area (Å²) in [5, 5.41) is 12.4. The van der Waals surface area contributed by atoms with Gasteiger partial charge in [-0.1, -0.05) is 39.3 Å². The number of nitrogens with zero attached hydrogens (tertiary/aromatic N) is 4. The van der Waals surface area contributed by atoms with Gasteiger partial charge in [0.2, 0.25) is 0 Å². The summed E-state index contributed by atoms with van der Waals surface area (Å²) in [5.41, 5.74) is -1.34. The van der Waals surface area contributed by atoms with Gasteiger partial charge in [0.15, 0.2) is 0 Å². The van der Waals surface area contributed by atoms with Crippen molar-refractivity contribution in [1.82, 2.24) is 15.2 Å². The molecule has 1 aliphatic carbocycles. The summed E-state index contributed by atoms with van der Waals surface area (Å²) < 4.78 is 26.9. The van der Waals surface area contributed by atoms with Crippen LogP contribution in [0.25, 0.3) is 0 Å². The van der Waals surface area contributed by atoms with Gasteiger partial charge in [-0.3, -0.25) is 4.79 Å². The zero-order valence-electron chi connectivity index (χ0n) is 24.5. The van der Waals surface area contributed by atoms with Crippen molar-refractivity contribution in [1.29, 1.82) is 5.26 Å². The molecule has 1 N–H and O–H groups in total. The Hall–Kier alpha value is -3.58. The van der Waals surface area contributed by atoms with Crippen LogP contribution < -0.4 is 15.0 Å². The van der Waals surface area contributed by atoms with Gasteiger partial charge in [-0.25, -0.2) is 14.2 Å². The number of hydrogen-bond acceptors (Lipinski definition) is 7. The highest BCUT2D eigenvalue weighted by molar-refractivity contribution is 6.31. The third-order valence-corrected chi connectivity index (χ3v) is 8.08. The SMILES string of the molecule is CC(C)(C)OC(=O)N1CCN(c2cc(F)c(C(=O)NC3C(C)(C)C(Oc4ccc(C#N)c(Cl)c4)C3(C)C)cn2)CC1. The highest BCUT2D eigenvalue weighted by Crippen LogP contribution is 2.55.